The van der Waals surface area contributed by atoms with Crippen LogP contribution in [0, 0.1) is 5.92 Å². The number of carbonyl (C=O) groups is 2. The van der Waals surface area contributed by atoms with Gasteiger partial charge in [0.25, 0.3) is 0 Å². The summed E-state index contributed by atoms with van der Waals surface area (Å²) >= 11 is 0. The molecule has 0 unspecified atom stereocenters. The number of rotatable bonds is 30. The number of unbranched alkanes of at least 4 members (excludes halogenated alkanes) is 20. The molecule has 0 aromatic heterocycles. The fourth-order valence-corrected chi connectivity index (χ4v) is 4.92. The van der Waals surface area contributed by atoms with Crippen LogP contribution in [0.15, 0.2) is 0 Å². The SMILES string of the molecule is CCCCCCCCCC(=O)OC[C@H](O)COC(=O)CCCCCCCCCCCCCCCCCC(C)C. The second-order valence-electron chi connectivity index (χ2n) is 12.1. The van der Waals surface area contributed by atoms with Gasteiger partial charge in [-0.3, -0.25) is 9.59 Å². The van der Waals surface area contributed by atoms with Gasteiger partial charge >= 0.3 is 11.9 Å². The molecule has 0 aliphatic rings. The lowest BCUT2D eigenvalue weighted by Gasteiger charge is -2.12. The Morgan fingerprint density at radius 2 is 0.821 bits per heavy atom. The monoisotopic (exact) mass is 554 g/mol. The molecule has 0 amide bonds. The summed E-state index contributed by atoms with van der Waals surface area (Å²) in [7, 11) is 0. The highest BCUT2D eigenvalue weighted by Crippen LogP contribution is 2.15. The molecule has 0 radical (unpaired) electrons. The van der Waals surface area contributed by atoms with E-state index < -0.39 is 6.10 Å². The molecular weight excluding hydrogens is 488 g/mol. The van der Waals surface area contributed by atoms with Gasteiger partial charge in [-0.25, -0.2) is 0 Å². The van der Waals surface area contributed by atoms with Crippen molar-refractivity contribution in [3.63, 3.8) is 0 Å². The number of ether oxygens (including phenoxy) is 2. The Balaban J connectivity index is 3.36. The van der Waals surface area contributed by atoms with Crippen molar-refractivity contribution in [2.24, 2.45) is 5.92 Å². The van der Waals surface area contributed by atoms with Crippen molar-refractivity contribution in [1.82, 2.24) is 0 Å². The van der Waals surface area contributed by atoms with Crippen LogP contribution < -0.4 is 0 Å². The predicted octanol–water partition coefficient (Wildman–Crippen LogP) is 9.86. The molecule has 0 saturated heterocycles. The van der Waals surface area contributed by atoms with Gasteiger partial charge in [-0.1, -0.05) is 156 Å². The molecule has 0 fully saturated rings. The first-order valence-electron chi connectivity index (χ1n) is 16.9. The van der Waals surface area contributed by atoms with Crippen LogP contribution in [0.5, 0.6) is 0 Å². The molecule has 0 aliphatic heterocycles. The van der Waals surface area contributed by atoms with Crippen molar-refractivity contribution in [1.29, 1.82) is 0 Å². The fourth-order valence-electron chi connectivity index (χ4n) is 4.92. The lowest BCUT2D eigenvalue weighted by atomic mass is 10.0. The maximum absolute atomic E-state index is 11.9. The first kappa shape index (κ1) is 37.9. The first-order valence-corrected chi connectivity index (χ1v) is 16.9. The van der Waals surface area contributed by atoms with Crippen LogP contribution in [-0.4, -0.2) is 36.4 Å². The maximum Gasteiger partial charge on any atom is 0.305 e. The number of hydrogen-bond donors (Lipinski definition) is 1. The van der Waals surface area contributed by atoms with Crippen LogP contribution >= 0.6 is 0 Å². The Labute approximate surface area is 242 Å². The van der Waals surface area contributed by atoms with Crippen LogP contribution in [-0.2, 0) is 19.1 Å². The minimum Gasteiger partial charge on any atom is -0.463 e. The predicted molar refractivity (Wildman–Crippen MR) is 164 cm³/mol. The summed E-state index contributed by atoms with van der Waals surface area (Å²) in [6, 6.07) is 0. The Bertz CT molecular complexity index is 534. The Hall–Kier alpha value is -1.10. The van der Waals surface area contributed by atoms with E-state index >= 15 is 0 Å². The molecule has 39 heavy (non-hydrogen) atoms. The molecule has 5 heteroatoms. The molecule has 0 spiro atoms. The van der Waals surface area contributed by atoms with Gasteiger partial charge in [-0.15, -0.1) is 0 Å². The van der Waals surface area contributed by atoms with E-state index in [1.807, 2.05) is 0 Å². The molecule has 1 atom stereocenters. The number of hydrogen-bond acceptors (Lipinski definition) is 5. The van der Waals surface area contributed by atoms with E-state index in [4.69, 9.17) is 9.47 Å². The number of esters is 2. The lowest BCUT2D eigenvalue weighted by molar-refractivity contribution is -0.152. The highest BCUT2D eigenvalue weighted by molar-refractivity contribution is 5.69. The highest BCUT2D eigenvalue weighted by Gasteiger charge is 2.12. The molecule has 0 aromatic rings. The lowest BCUT2D eigenvalue weighted by Crippen LogP contribution is -2.25. The quantitative estimate of drug-likeness (QED) is 0.0706. The standard InChI is InChI=1S/C34H66O5/c1-4-5-6-7-17-21-24-27-33(36)38-29-32(35)30-39-34(37)28-25-22-19-16-14-12-10-8-9-11-13-15-18-20-23-26-31(2)3/h31-32,35H,4-30H2,1-3H3/t32-/m0/s1. The van der Waals surface area contributed by atoms with Gasteiger partial charge in [0.1, 0.15) is 19.3 Å². The van der Waals surface area contributed by atoms with Crippen molar-refractivity contribution in [2.75, 3.05) is 13.2 Å². The van der Waals surface area contributed by atoms with Crippen LogP contribution in [0.1, 0.15) is 181 Å². The summed E-state index contributed by atoms with van der Waals surface area (Å²) in [5.41, 5.74) is 0. The van der Waals surface area contributed by atoms with Gasteiger partial charge in [0.15, 0.2) is 0 Å². The van der Waals surface area contributed by atoms with Crippen molar-refractivity contribution in [2.45, 2.75) is 187 Å². The number of aliphatic hydroxyl groups is 1. The van der Waals surface area contributed by atoms with E-state index in [-0.39, 0.29) is 25.2 Å². The van der Waals surface area contributed by atoms with Crippen LogP contribution in [0.2, 0.25) is 0 Å². The third-order valence-electron chi connectivity index (χ3n) is 7.52. The van der Waals surface area contributed by atoms with E-state index in [2.05, 4.69) is 20.8 Å². The van der Waals surface area contributed by atoms with E-state index in [1.165, 1.54) is 116 Å². The third-order valence-corrected chi connectivity index (χ3v) is 7.52. The second kappa shape index (κ2) is 29.9. The summed E-state index contributed by atoms with van der Waals surface area (Å²) in [5, 5.41) is 9.91. The molecule has 0 heterocycles. The molecular formula is C34H66O5. The number of carbonyl (C=O) groups excluding carboxylic acids is 2. The first-order chi connectivity index (χ1) is 19.0. The molecule has 0 saturated carbocycles. The molecule has 0 bridgehead atoms. The van der Waals surface area contributed by atoms with Crippen LogP contribution in [0.25, 0.3) is 0 Å². The van der Waals surface area contributed by atoms with Crippen molar-refractivity contribution >= 4 is 11.9 Å². The van der Waals surface area contributed by atoms with Crippen molar-refractivity contribution < 1.29 is 24.2 Å². The van der Waals surface area contributed by atoms with Gasteiger partial charge in [-0.2, -0.15) is 0 Å². The van der Waals surface area contributed by atoms with Crippen LogP contribution in [0.3, 0.4) is 0 Å². The Morgan fingerprint density at radius 1 is 0.513 bits per heavy atom. The zero-order valence-electron chi connectivity index (χ0n) is 26.3. The Morgan fingerprint density at radius 3 is 1.15 bits per heavy atom. The van der Waals surface area contributed by atoms with Gasteiger partial charge in [0.2, 0.25) is 0 Å². The average Bonchev–Trinajstić information content (AvgIpc) is 2.91. The van der Waals surface area contributed by atoms with Crippen molar-refractivity contribution in [3.05, 3.63) is 0 Å². The number of aliphatic hydroxyl groups excluding tert-OH is 1. The normalized spacial score (nSPS) is 12.1. The topological polar surface area (TPSA) is 72.8 Å². The third kappa shape index (κ3) is 31.3. The largest absolute Gasteiger partial charge is 0.463 e. The highest BCUT2D eigenvalue weighted by atomic mass is 16.6. The Kier molecular flexibility index (Phi) is 29.0. The maximum atomic E-state index is 11.9. The summed E-state index contributed by atoms with van der Waals surface area (Å²) in [5.74, 6) is 0.293. The van der Waals surface area contributed by atoms with Gasteiger partial charge < -0.3 is 14.6 Å². The second-order valence-corrected chi connectivity index (χ2v) is 12.1. The minimum atomic E-state index is -0.952. The zero-order valence-corrected chi connectivity index (χ0v) is 26.3. The molecule has 0 aliphatic carbocycles. The summed E-state index contributed by atoms with van der Waals surface area (Å²) < 4.78 is 10.2. The minimum absolute atomic E-state index is 0.109. The van der Waals surface area contributed by atoms with Gasteiger partial charge in [0.05, 0.1) is 0 Å². The van der Waals surface area contributed by atoms with Gasteiger partial charge in [-0.05, 0) is 18.8 Å². The molecule has 1 N–H and O–H groups in total. The zero-order chi connectivity index (χ0) is 28.8. The van der Waals surface area contributed by atoms with Crippen LogP contribution in [0.4, 0.5) is 0 Å². The molecule has 5 nitrogen and oxygen atoms in total. The van der Waals surface area contributed by atoms with Gasteiger partial charge in [0, 0.05) is 12.8 Å². The van der Waals surface area contributed by atoms with Crippen molar-refractivity contribution in [3.8, 4) is 0 Å². The smallest absolute Gasteiger partial charge is 0.305 e. The molecule has 232 valence electrons. The fraction of sp³-hybridized carbons (Fsp3) is 0.941. The van der Waals surface area contributed by atoms with E-state index in [0.29, 0.717) is 12.8 Å². The summed E-state index contributed by atoms with van der Waals surface area (Å²) in [6.45, 7) is 6.62. The van der Waals surface area contributed by atoms with E-state index in [0.717, 1.165) is 38.0 Å². The molecule has 0 rings (SSSR count). The average molecular weight is 555 g/mol. The van der Waals surface area contributed by atoms with E-state index in [1.54, 1.807) is 0 Å². The summed E-state index contributed by atoms with van der Waals surface area (Å²) in [6.07, 6.45) is 28.8. The van der Waals surface area contributed by atoms with E-state index in [9.17, 15) is 14.7 Å². The molecule has 0 aromatic carbocycles. The summed E-state index contributed by atoms with van der Waals surface area (Å²) in [4.78, 5) is 23.7.